The Bertz CT molecular complexity index is 1500. The van der Waals surface area contributed by atoms with Gasteiger partial charge in [-0.05, 0) is 72.0 Å². The molecule has 5 rings (SSSR count). The van der Waals surface area contributed by atoms with Gasteiger partial charge in [0.25, 0.3) is 11.7 Å². The van der Waals surface area contributed by atoms with Gasteiger partial charge < -0.3 is 19.7 Å². The molecule has 0 saturated carbocycles. The molecule has 1 aromatic heterocycles. The zero-order chi connectivity index (χ0) is 26.1. The van der Waals surface area contributed by atoms with Gasteiger partial charge in [0, 0.05) is 34.2 Å². The van der Waals surface area contributed by atoms with E-state index >= 15 is 0 Å². The number of fused-ring (bicyclic) bond motifs is 1. The van der Waals surface area contributed by atoms with Gasteiger partial charge in [0.2, 0.25) is 0 Å². The number of ketones is 1. The molecule has 0 aliphatic carbocycles. The van der Waals surface area contributed by atoms with Crippen LogP contribution in [0.15, 0.2) is 78.5 Å². The zero-order valence-electron chi connectivity index (χ0n) is 20.6. The second-order valence-corrected chi connectivity index (χ2v) is 9.51. The van der Waals surface area contributed by atoms with Gasteiger partial charge in [0.05, 0.1) is 18.7 Å². The van der Waals surface area contributed by atoms with Crippen molar-refractivity contribution in [3.63, 3.8) is 0 Å². The van der Waals surface area contributed by atoms with E-state index in [9.17, 15) is 14.7 Å². The number of carbonyl (C=O) groups excluding carboxylic acids is 2. The van der Waals surface area contributed by atoms with Gasteiger partial charge in [0.15, 0.2) is 0 Å². The van der Waals surface area contributed by atoms with Crippen molar-refractivity contribution in [2.45, 2.75) is 25.8 Å². The topological polar surface area (TPSA) is 82.6 Å². The number of nitrogens with zero attached hydrogens (tertiary/aromatic N) is 1. The lowest BCUT2D eigenvalue weighted by molar-refractivity contribution is -0.139. The summed E-state index contributed by atoms with van der Waals surface area (Å²) in [6, 6.07) is 19.5. The van der Waals surface area contributed by atoms with E-state index in [1.54, 1.807) is 36.3 Å². The molecule has 2 heterocycles. The molecular formula is C30H27ClN2O4. The number of aromatic amines is 1. The van der Waals surface area contributed by atoms with E-state index in [4.69, 9.17) is 16.3 Å². The van der Waals surface area contributed by atoms with Crippen LogP contribution in [0.4, 0.5) is 0 Å². The molecule has 4 aromatic rings. The number of rotatable bonds is 7. The SMILES string of the molecule is CCc1ccc([C@@H]2C(=C(O)c3ccc(Cl)cc3)C(=O)C(=O)N2CCc2c[nH]c3ccc(OC)cc23)cc1. The fraction of sp³-hybridized carbons (Fsp3) is 0.200. The third-order valence-corrected chi connectivity index (χ3v) is 7.21. The number of aryl methyl sites for hydroxylation is 1. The number of likely N-dealkylation sites (tertiary alicyclic amines) is 1. The summed E-state index contributed by atoms with van der Waals surface area (Å²) in [4.78, 5) is 31.4. The number of aliphatic hydroxyl groups is 1. The number of hydrogen-bond donors (Lipinski definition) is 2. The number of methoxy groups -OCH3 is 1. The second-order valence-electron chi connectivity index (χ2n) is 9.07. The number of carbonyl (C=O) groups is 2. The van der Waals surface area contributed by atoms with Gasteiger partial charge in [-0.1, -0.05) is 42.8 Å². The molecule has 1 aliphatic heterocycles. The summed E-state index contributed by atoms with van der Waals surface area (Å²) in [5, 5.41) is 12.7. The van der Waals surface area contributed by atoms with Gasteiger partial charge in [0.1, 0.15) is 11.5 Å². The third kappa shape index (κ3) is 4.60. The normalized spacial score (nSPS) is 17.1. The molecular weight excluding hydrogens is 488 g/mol. The fourth-order valence-electron chi connectivity index (χ4n) is 4.89. The van der Waals surface area contributed by atoms with Gasteiger partial charge in [-0.3, -0.25) is 9.59 Å². The molecule has 37 heavy (non-hydrogen) atoms. The average Bonchev–Trinajstić information content (AvgIpc) is 3.44. The van der Waals surface area contributed by atoms with Crippen molar-refractivity contribution in [1.29, 1.82) is 0 Å². The zero-order valence-corrected chi connectivity index (χ0v) is 21.4. The first-order valence-electron chi connectivity index (χ1n) is 12.2. The van der Waals surface area contributed by atoms with Crippen molar-refractivity contribution in [2.75, 3.05) is 13.7 Å². The number of benzene rings is 3. The van der Waals surface area contributed by atoms with E-state index in [1.807, 2.05) is 48.7 Å². The highest BCUT2D eigenvalue weighted by Gasteiger charge is 2.45. The highest BCUT2D eigenvalue weighted by Crippen LogP contribution is 2.40. The standard InChI is InChI=1S/C30H27ClN2O4/c1-3-18-4-6-19(7-5-18)27-26(28(34)20-8-10-22(31)11-9-20)29(35)30(36)33(27)15-14-21-17-32-25-13-12-23(37-2)16-24(21)25/h4-13,16-17,27,32,34H,3,14-15H2,1-2H3/t27-/m1/s1. The summed E-state index contributed by atoms with van der Waals surface area (Å²) < 4.78 is 5.37. The number of hydrogen-bond acceptors (Lipinski definition) is 4. The molecule has 0 bridgehead atoms. The molecule has 1 atom stereocenters. The minimum Gasteiger partial charge on any atom is -0.507 e. The number of nitrogens with one attached hydrogen (secondary N) is 1. The molecule has 0 radical (unpaired) electrons. The molecule has 7 heteroatoms. The Hall–Kier alpha value is -4.03. The average molecular weight is 515 g/mol. The van der Waals surface area contributed by atoms with Crippen molar-refractivity contribution in [3.8, 4) is 5.75 Å². The van der Waals surface area contributed by atoms with Crippen molar-refractivity contribution >= 4 is 40.0 Å². The van der Waals surface area contributed by atoms with Gasteiger partial charge in [-0.15, -0.1) is 0 Å². The molecule has 1 amide bonds. The van der Waals surface area contributed by atoms with Crippen LogP contribution in [0.5, 0.6) is 5.75 Å². The molecule has 0 spiro atoms. The Morgan fingerprint density at radius 2 is 1.78 bits per heavy atom. The highest BCUT2D eigenvalue weighted by atomic mass is 35.5. The first-order chi connectivity index (χ1) is 17.9. The quantitative estimate of drug-likeness (QED) is 0.178. The van der Waals surface area contributed by atoms with E-state index in [0.717, 1.165) is 39.8 Å². The van der Waals surface area contributed by atoms with Crippen molar-refractivity contribution in [1.82, 2.24) is 9.88 Å². The maximum atomic E-state index is 13.3. The van der Waals surface area contributed by atoms with Crippen LogP contribution < -0.4 is 4.74 Å². The van der Waals surface area contributed by atoms with Gasteiger partial charge in [-0.2, -0.15) is 0 Å². The number of aromatic nitrogens is 1. The van der Waals surface area contributed by atoms with E-state index in [2.05, 4.69) is 11.9 Å². The molecule has 188 valence electrons. The molecule has 1 fully saturated rings. The summed E-state index contributed by atoms with van der Waals surface area (Å²) in [6.45, 7) is 2.37. The summed E-state index contributed by atoms with van der Waals surface area (Å²) >= 11 is 6.02. The van der Waals surface area contributed by atoms with Crippen LogP contribution in [0, 0.1) is 0 Å². The largest absolute Gasteiger partial charge is 0.507 e. The summed E-state index contributed by atoms with van der Waals surface area (Å²) in [5.41, 5.74) is 4.40. The summed E-state index contributed by atoms with van der Waals surface area (Å²) in [7, 11) is 1.62. The first kappa shape index (κ1) is 24.7. The molecule has 1 saturated heterocycles. The second kappa shape index (κ2) is 10.1. The highest BCUT2D eigenvalue weighted by molar-refractivity contribution is 6.46. The lowest BCUT2D eigenvalue weighted by atomic mass is 9.94. The predicted octanol–water partition coefficient (Wildman–Crippen LogP) is 6.06. The van der Waals surface area contributed by atoms with E-state index in [0.29, 0.717) is 23.6 Å². The maximum Gasteiger partial charge on any atom is 0.295 e. The van der Waals surface area contributed by atoms with Crippen LogP contribution in [-0.4, -0.2) is 40.3 Å². The predicted molar refractivity (Wildman–Crippen MR) is 145 cm³/mol. The number of amides is 1. The Balaban J connectivity index is 1.55. The van der Waals surface area contributed by atoms with E-state index < -0.39 is 17.7 Å². The van der Waals surface area contributed by atoms with E-state index in [1.165, 1.54) is 0 Å². The molecule has 1 aliphatic rings. The fourth-order valence-corrected chi connectivity index (χ4v) is 5.01. The monoisotopic (exact) mass is 514 g/mol. The van der Waals surface area contributed by atoms with E-state index in [-0.39, 0.29) is 11.3 Å². The lowest BCUT2D eigenvalue weighted by Crippen LogP contribution is -2.31. The summed E-state index contributed by atoms with van der Waals surface area (Å²) in [5.74, 6) is -0.790. The Labute approximate surface area is 220 Å². The number of aliphatic hydroxyl groups excluding tert-OH is 1. The van der Waals surface area contributed by atoms with Crippen molar-refractivity contribution < 1.29 is 19.4 Å². The molecule has 3 aromatic carbocycles. The number of ether oxygens (including phenoxy) is 1. The van der Waals surface area contributed by atoms with Crippen LogP contribution in [-0.2, 0) is 22.4 Å². The number of halogens is 1. The Morgan fingerprint density at radius 1 is 1.05 bits per heavy atom. The van der Waals surface area contributed by atoms with Crippen LogP contribution in [0.2, 0.25) is 5.02 Å². The number of H-pyrrole nitrogens is 1. The lowest BCUT2D eigenvalue weighted by Gasteiger charge is -2.25. The van der Waals surface area contributed by atoms with Crippen LogP contribution in [0.25, 0.3) is 16.7 Å². The van der Waals surface area contributed by atoms with Crippen LogP contribution in [0.3, 0.4) is 0 Å². The van der Waals surface area contributed by atoms with Gasteiger partial charge >= 0.3 is 0 Å². The van der Waals surface area contributed by atoms with Crippen LogP contribution >= 0.6 is 11.6 Å². The molecule has 6 nitrogen and oxygen atoms in total. The minimum atomic E-state index is -0.707. The molecule has 2 N–H and O–H groups in total. The van der Waals surface area contributed by atoms with Crippen molar-refractivity contribution in [3.05, 3.63) is 106 Å². The minimum absolute atomic E-state index is 0.0807. The van der Waals surface area contributed by atoms with Crippen molar-refractivity contribution in [2.24, 2.45) is 0 Å². The smallest absolute Gasteiger partial charge is 0.295 e. The van der Waals surface area contributed by atoms with Gasteiger partial charge in [-0.25, -0.2) is 0 Å². The maximum absolute atomic E-state index is 13.3. The first-order valence-corrected chi connectivity index (χ1v) is 12.6. The number of Topliss-reactive ketones (excluding diaryl/α,β-unsaturated/α-hetero) is 1. The Kier molecular flexibility index (Phi) is 6.76. The third-order valence-electron chi connectivity index (χ3n) is 6.96. The Morgan fingerprint density at radius 3 is 2.46 bits per heavy atom. The van der Waals surface area contributed by atoms with Crippen LogP contribution in [0.1, 0.15) is 35.2 Å². The summed E-state index contributed by atoms with van der Waals surface area (Å²) in [6.07, 6.45) is 3.31. The molecule has 0 unspecified atom stereocenters.